The Morgan fingerprint density at radius 3 is 2.76 bits per heavy atom. The maximum Gasteiger partial charge on any atom is 0.275 e. The maximum atomic E-state index is 13.0. The second kappa shape index (κ2) is 4.69. The Labute approximate surface area is 97.5 Å². The highest BCUT2D eigenvalue weighted by Crippen LogP contribution is 2.09. The largest absolute Gasteiger partial charge is 0.305 e. The lowest BCUT2D eigenvalue weighted by molar-refractivity contribution is 0.102. The molecule has 0 aromatic carbocycles. The van der Waals surface area contributed by atoms with Crippen molar-refractivity contribution < 1.29 is 9.18 Å². The molecule has 0 spiro atoms. The first-order valence-electron chi connectivity index (χ1n) is 5.02. The van der Waals surface area contributed by atoms with Crippen molar-refractivity contribution in [3.05, 3.63) is 53.7 Å². The van der Waals surface area contributed by atoms with Crippen molar-refractivity contribution in [2.24, 2.45) is 0 Å². The van der Waals surface area contributed by atoms with Gasteiger partial charge in [0.2, 0.25) is 0 Å². The predicted octanol–water partition coefficient (Wildman–Crippen LogP) is 2.18. The number of nitrogens with one attached hydrogen (secondary N) is 1. The van der Waals surface area contributed by atoms with E-state index in [9.17, 15) is 9.18 Å². The predicted molar refractivity (Wildman–Crippen MR) is 61.1 cm³/mol. The molecule has 4 nitrogen and oxygen atoms in total. The number of amides is 1. The van der Waals surface area contributed by atoms with Crippen LogP contribution in [0.2, 0.25) is 0 Å². The first kappa shape index (κ1) is 11.2. The number of aryl methyl sites for hydroxylation is 1. The van der Waals surface area contributed by atoms with Crippen LogP contribution in [0.1, 0.15) is 16.2 Å². The van der Waals surface area contributed by atoms with Crippen molar-refractivity contribution in [2.75, 3.05) is 5.32 Å². The lowest BCUT2D eigenvalue weighted by atomic mass is 10.3. The van der Waals surface area contributed by atoms with E-state index >= 15 is 0 Å². The second-order valence-corrected chi connectivity index (χ2v) is 3.43. The van der Waals surface area contributed by atoms with Crippen LogP contribution >= 0.6 is 0 Å². The first-order valence-corrected chi connectivity index (χ1v) is 5.02. The summed E-state index contributed by atoms with van der Waals surface area (Å²) in [7, 11) is 0. The molecule has 0 aliphatic carbocycles. The zero-order chi connectivity index (χ0) is 12.3. The van der Waals surface area contributed by atoms with Gasteiger partial charge in [-0.15, -0.1) is 0 Å². The topological polar surface area (TPSA) is 54.9 Å². The van der Waals surface area contributed by atoms with Gasteiger partial charge < -0.3 is 5.32 Å². The molecule has 0 aliphatic rings. The van der Waals surface area contributed by atoms with Crippen LogP contribution in [0.3, 0.4) is 0 Å². The Hall–Kier alpha value is -2.30. The fourth-order valence-electron chi connectivity index (χ4n) is 1.29. The lowest BCUT2D eigenvalue weighted by Gasteiger charge is -2.04. The Bertz CT molecular complexity index is 543. The molecular formula is C12H10FN3O. The normalized spacial score (nSPS) is 10.0. The molecule has 0 fully saturated rings. The summed E-state index contributed by atoms with van der Waals surface area (Å²) in [5.41, 5.74) is 0.528. The summed E-state index contributed by atoms with van der Waals surface area (Å²) in [6.45, 7) is 1.53. The standard InChI is InChI=1S/C12H10FN3O/c1-8-9(13)5-6-11(15-8)16-12(17)10-4-2-3-7-14-10/h2-7H,1H3,(H,15,16,17). The smallest absolute Gasteiger partial charge is 0.275 e. The number of carbonyl (C=O) groups is 1. The number of carbonyl (C=O) groups excluding carboxylic acids is 1. The molecule has 2 aromatic heterocycles. The minimum Gasteiger partial charge on any atom is -0.305 e. The van der Waals surface area contributed by atoms with E-state index in [1.165, 1.54) is 25.3 Å². The van der Waals surface area contributed by atoms with Crippen LogP contribution in [0.4, 0.5) is 10.2 Å². The molecule has 0 aliphatic heterocycles. The third kappa shape index (κ3) is 2.63. The van der Waals surface area contributed by atoms with Crippen molar-refractivity contribution >= 4 is 11.7 Å². The van der Waals surface area contributed by atoms with Gasteiger partial charge in [0.25, 0.3) is 5.91 Å². The van der Waals surface area contributed by atoms with E-state index in [0.717, 1.165) is 0 Å². The van der Waals surface area contributed by atoms with Gasteiger partial charge in [0.05, 0.1) is 5.69 Å². The van der Waals surface area contributed by atoms with Gasteiger partial charge in [0.1, 0.15) is 17.3 Å². The van der Waals surface area contributed by atoms with Gasteiger partial charge in [-0.05, 0) is 31.2 Å². The Kier molecular flexibility index (Phi) is 3.09. The monoisotopic (exact) mass is 231 g/mol. The number of pyridine rings is 2. The minimum atomic E-state index is -0.402. The quantitative estimate of drug-likeness (QED) is 0.861. The van der Waals surface area contributed by atoms with Crippen molar-refractivity contribution in [1.29, 1.82) is 0 Å². The third-order valence-electron chi connectivity index (χ3n) is 2.16. The molecule has 2 aromatic rings. The molecular weight excluding hydrogens is 221 g/mol. The van der Waals surface area contributed by atoms with Gasteiger partial charge in [-0.3, -0.25) is 9.78 Å². The molecule has 0 bridgehead atoms. The number of nitrogens with zero attached hydrogens (tertiary/aromatic N) is 2. The van der Waals surface area contributed by atoms with Crippen molar-refractivity contribution in [1.82, 2.24) is 9.97 Å². The fraction of sp³-hybridized carbons (Fsp3) is 0.0833. The highest BCUT2D eigenvalue weighted by atomic mass is 19.1. The average molecular weight is 231 g/mol. The highest BCUT2D eigenvalue weighted by Gasteiger charge is 2.08. The summed E-state index contributed by atoms with van der Waals surface area (Å²) in [5, 5.41) is 2.55. The molecule has 17 heavy (non-hydrogen) atoms. The van der Waals surface area contributed by atoms with E-state index < -0.39 is 5.82 Å². The minimum absolute atomic E-state index is 0.240. The van der Waals surface area contributed by atoms with E-state index in [1.54, 1.807) is 18.2 Å². The van der Waals surface area contributed by atoms with Gasteiger partial charge in [-0.1, -0.05) is 6.07 Å². The molecule has 0 atom stereocenters. The number of anilines is 1. The number of halogens is 1. The van der Waals surface area contributed by atoms with Crippen LogP contribution in [-0.2, 0) is 0 Å². The van der Waals surface area contributed by atoms with Gasteiger partial charge in [0.15, 0.2) is 0 Å². The number of hydrogen-bond donors (Lipinski definition) is 1. The summed E-state index contributed by atoms with van der Waals surface area (Å²) in [4.78, 5) is 19.5. The lowest BCUT2D eigenvalue weighted by Crippen LogP contribution is -2.14. The summed E-state index contributed by atoms with van der Waals surface area (Å²) >= 11 is 0. The summed E-state index contributed by atoms with van der Waals surface area (Å²) in [6.07, 6.45) is 1.53. The number of aromatic nitrogens is 2. The molecule has 2 rings (SSSR count). The fourth-order valence-corrected chi connectivity index (χ4v) is 1.29. The van der Waals surface area contributed by atoms with Crippen LogP contribution in [0, 0.1) is 12.7 Å². The van der Waals surface area contributed by atoms with Crippen LogP contribution in [0.25, 0.3) is 0 Å². The molecule has 5 heteroatoms. The molecule has 0 saturated heterocycles. The first-order chi connectivity index (χ1) is 8.16. The van der Waals surface area contributed by atoms with Crippen LogP contribution in [0.5, 0.6) is 0 Å². The SMILES string of the molecule is Cc1nc(NC(=O)c2ccccn2)ccc1F. The van der Waals surface area contributed by atoms with Crippen molar-refractivity contribution in [2.45, 2.75) is 6.92 Å². The van der Waals surface area contributed by atoms with E-state index in [0.29, 0.717) is 5.82 Å². The summed E-state index contributed by atoms with van der Waals surface area (Å²) < 4.78 is 13.0. The summed E-state index contributed by atoms with van der Waals surface area (Å²) in [5.74, 6) is -0.468. The molecule has 0 radical (unpaired) electrons. The van der Waals surface area contributed by atoms with Crippen molar-refractivity contribution in [3.63, 3.8) is 0 Å². The van der Waals surface area contributed by atoms with Gasteiger partial charge in [0, 0.05) is 6.20 Å². The average Bonchev–Trinajstić information content (AvgIpc) is 2.35. The van der Waals surface area contributed by atoms with Crippen LogP contribution < -0.4 is 5.32 Å². The van der Waals surface area contributed by atoms with Gasteiger partial charge in [-0.2, -0.15) is 0 Å². The Balaban J connectivity index is 2.16. The highest BCUT2D eigenvalue weighted by molar-refractivity contribution is 6.02. The molecule has 1 amide bonds. The van der Waals surface area contributed by atoms with E-state index in [1.807, 2.05) is 0 Å². The zero-order valence-corrected chi connectivity index (χ0v) is 9.14. The maximum absolute atomic E-state index is 13.0. The van der Waals surface area contributed by atoms with Crippen LogP contribution in [-0.4, -0.2) is 15.9 Å². The van der Waals surface area contributed by atoms with Gasteiger partial charge in [-0.25, -0.2) is 9.37 Å². The molecule has 0 saturated carbocycles. The Morgan fingerprint density at radius 1 is 1.29 bits per heavy atom. The number of rotatable bonds is 2. The number of hydrogen-bond acceptors (Lipinski definition) is 3. The molecule has 2 heterocycles. The molecule has 1 N–H and O–H groups in total. The van der Waals surface area contributed by atoms with Gasteiger partial charge >= 0.3 is 0 Å². The van der Waals surface area contributed by atoms with E-state index in [2.05, 4.69) is 15.3 Å². The molecule has 86 valence electrons. The van der Waals surface area contributed by atoms with Crippen LogP contribution in [0.15, 0.2) is 36.5 Å². The Morgan fingerprint density at radius 2 is 2.12 bits per heavy atom. The van der Waals surface area contributed by atoms with Crippen molar-refractivity contribution in [3.8, 4) is 0 Å². The summed E-state index contributed by atoms with van der Waals surface area (Å²) in [6, 6.07) is 7.69. The zero-order valence-electron chi connectivity index (χ0n) is 9.14. The second-order valence-electron chi connectivity index (χ2n) is 3.43. The van der Waals surface area contributed by atoms with E-state index in [-0.39, 0.29) is 17.3 Å². The van der Waals surface area contributed by atoms with E-state index in [4.69, 9.17) is 0 Å². The third-order valence-corrected chi connectivity index (χ3v) is 2.16. The molecule has 0 unspecified atom stereocenters.